The number of amides is 5. The predicted molar refractivity (Wildman–Crippen MR) is 209 cm³/mol. The number of nitrogens with zero attached hydrogens (tertiary/aromatic N) is 3. The number of hydrogen-bond donors (Lipinski definition) is 4. The van der Waals surface area contributed by atoms with Gasteiger partial charge in [0.1, 0.15) is 12.1 Å². The lowest BCUT2D eigenvalue weighted by Gasteiger charge is -2.41. The molecular formula is C40H68N6O8. The number of hydrogen-bond acceptors (Lipinski definition) is 8. The van der Waals surface area contributed by atoms with Crippen molar-refractivity contribution in [2.45, 2.75) is 129 Å². The van der Waals surface area contributed by atoms with Gasteiger partial charge in [0.25, 0.3) is 0 Å². The standard InChI is InChI=1S/C40H68N6O8/c1-11-27(6)35(44(8)38(49)34(25(2)3)43-40(52)45(26(4)5)22-16-20-41)32(53-9)24-33(47)46-21-15-19-31(46)36(54-10)28(7)37(48)42-30(39(50)51)23-29-17-13-12-14-18-29/h12-14,17-18,25-28,30-32,34-36H,11,15-16,19-24,41H2,1-10H3,(H,42,48)(H,43,52)(H,50,51)/t27-,28+,30?,31?,32+,34?,35-,36+/m0/s1. The molecule has 5 N–H and O–H groups in total. The molecule has 0 saturated carbocycles. The van der Waals surface area contributed by atoms with Crippen molar-refractivity contribution in [3.8, 4) is 0 Å². The number of ether oxygens (including phenoxy) is 2. The molecule has 8 atom stereocenters. The second kappa shape index (κ2) is 22.6. The number of carboxylic acid groups (broad SMARTS) is 1. The van der Waals surface area contributed by atoms with E-state index in [-0.39, 0.29) is 48.6 Å². The lowest BCUT2D eigenvalue weighted by molar-refractivity contribution is -0.147. The van der Waals surface area contributed by atoms with Gasteiger partial charge in [0.15, 0.2) is 0 Å². The fraction of sp³-hybridized carbons (Fsp3) is 0.725. The number of nitrogens with one attached hydrogen (secondary N) is 2. The van der Waals surface area contributed by atoms with Crippen LogP contribution in [-0.4, -0.2) is 133 Å². The molecule has 14 heteroatoms. The third kappa shape index (κ3) is 12.7. The number of likely N-dealkylation sites (N-methyl/N-ethyl adjacent to an activating group) is 1. The van der Waals surface area contributed by atoms with Crippen LogP contribution in [0.1, 0.15) is 86.1 Å². The first-order valence-corrected chi connectivity index (χ1v) is 19.5. The minimum absolute atomic E-state index is 0.0201. The third-order valence-electron chi connectivity index (χ3n) is 10.9. The van der Waals surface area contributed by atoms with Gasteiger partial charge >= 0.3 is 12.0 Å². The minimum atomic E-state index is -1.14. The molecule has 0 bridgehead atoms. The van der Waals surface area contributed by atoms with Crippen LogP contribution in [0.3, 0.4) is 0 Å². The lowest BCUT2D eigenvalue weighted by atomic mass is 9.89. The van der Waals surface area contributed by atoms with E-state index in [1.165, 1.54) is 14.2 Å². The highest BCUT2D eigenvalue weighted by atomic mass is 16.5. The van der Waals surface area contributed by atoms with Crippen LogP contribution in [0, 0.1) is 17.8 Å². The van der Waals surface area contributed by atoms with E-state index in [1.807, 2.05) is 71.9 Å². The van der Waals surface area contributed by atoms with Crippen LogP contribution < -0.4 is 16.4 Å². The van der Waals surface area contributed by atoms with Gasteiger partial charge in [-0.15, -0.1) is 0 Å². The topological polar surface area (TPSA) is 184 Å². The molecule has 306 valence electrons. The number of nitrogens with two attached hydrogens (primary N) is 1. The number of benzene rings is 1. The molecular weight excluding hydrogens is 692 g/mol. The number of carboxylic acids is 1. The van der Waals surface area contributed by atoms with E-state index in [9.17, 15) is 29.1 Å². The number of aliphatic carboxylic acids is 1. The zero-order valence-electron chi connectivity index (χ0n) is 34.2. The average molecular weight is 761 g/mol. The van der Waals surface area contributed by atoms with Crippen molar-refractivity contribution in [1.82, 2.24) is 25.3 Å². The number of rotatable bonds is 22. The monoisotopic (exact) mass is 761 g/mol. The average Bonchev–Trinajstić information content (AvgIpc) is 3.62. The summed E-state index contributed by atoms with van der Waals surface area (Å²) in [6, 6.07) is 5.82. The predicted octanol–water partition coefficient (Wildman–Crippen LogP) is 3.51. The van der Waals surface area contributed by atoms with E-state index < -0.39 is 54.2 Å². The molecule has 3 unspecified atom stereocenters. The number of likely N-dealkylation sites (tertiary alicyclic amines) is 1. The van der Waals surface area contributed by atoms with Gasteiger partial charge in [-0.05, 0) is 57.1 Å². The Balaban J connectivity index is 2.26. The van der Waals surface area contributed by atoms with Gasteiger partial charge in [0.05, 0.1) is 36.6 Å². The van der Waals surface area contributed by atoms with E-state index >= 15 is 0 Å². The van der Waals surface area contributed by atoms with Crippen LogP contribution >= 0.6 is 0 Å². The van der Waals surface area contributed by atoms with Crippen LogP contribution in [0.15, 0.2) is 30.3 Å². The van der Waals surface area contributed by atoms with Gasteiger partial charge in [0.2, 0.25) is 17.7 Å². The normalized spacial score (nSPS) is 18.3. The quantitative estimate of drug-likeness (QED) is 0.137. The number of urea groups is 1. The maximum absolute atomic E-state index is 14.2. The molecule has 54 heavy (non-hydrogen) atoms. The summed E-state index contributed by atoms with van der Waals surface area (Å²) in [5.74, 6) is -3.11. The maximum Gasteiger partial charge on any atom is 0.326 e. The van der Waals surface area contributed by atoms with Gasteiger partial charge in [-0.25, -0.2) is 9.59 Å². The number of carbonyl (C=O) groups excluding carboxylic acids is 4. The summed E-state index contributed by atoms with van der Waals surface area (Å²) in [6.45, 7) is 14.7. The van der Waals surface area contributed by atoms with Crippen LogP contribution in [0.5, 0.6) is 0 Å². The molecule has 0 aromatic heterocycles. The summed E-state index contributed by atoms with van der Waals surface area (Å²) < 4.78 is 11.9. The Morgan fingerprint density at radius 1 is 1.00 bits per heavy atom. The van der Waals surface area contributed by atoms with Crippen molar-refractivity contribution < 1.29 is 38.6 Å². The molecule has 1 heterocycles. The highest BCUT2D eigenvalue weighted by molar-refractivity contribution is 5.88. The molecule has 0 radical (unpaired) electrons. The van der Waals surface area contributed by atoms with E-state index in [1.54, 1.807) is 28.7 Å². The molecule has 1 aliphatic heterocycles. The fourth-order valence-corrected chi connectivity index (χ4v) is 7.46. The Morgan fingerprint density at radius 2 is 1.65 bits per heavy atom. The van der Waals surface area contributed by atoms with Crippen LogP contribution in [0.4, 0.5) is 4.79 Å². The molecule has 0 aliphatic carbocycles. The molecule has 0 spiro atoms. The Kier molecular flexibility index (Phi) is 19.4. The van der Waals surface area contributed by atoms with Crippen molar-refractivity contribution in [3.63, 3.8) is 0 Å². The van der Waals surface area contributed by atoms with Gasteiger partial charge in [-0.3, -0.25) is 14.4 Å². The van der Waals surface area contributed by atoms with Gasteiger partial charge < -0.3 is 45.6 Å². The first-order valence-electron chi connectivity index (χ1n) is 19.5. The van der Waals surface area contributed by atoms with Crippen molar-refractivity contribution in [1.29, 1.82) is 0 Å². The van der Waals surface area contributed by atoms with Gasteiger partial charge in [0, 0.05) is 46.8 Å². The van der Waals surface area contributed by atoms with Crippen LogP contribution in [0.2, 0.25) is 0 Å². The van der Waals surface area contributed by atoms with Crippen LogP contribution in [-0.2, 0) is 35.1 Å². The van der Waals surface area contributed by atoms with Crippen LogP contribution in [0.25, 0.3) is 0 Å². The molecule has 1 aromatic carbocycles. The molecule has 5 amide bonds. The first kappa shape index (κ1) is 46.4. The first-order chi connectivity index (χ1) is 25.5. The van der Waals surface area contributed by atoms with Crippen molar-refractivity contribution >= 4 is 29.7 Å². The highest BCUT2D eigenvalue weighted by Crippen LogP contribution is 2.30. The fourth-order valence-electron chi connectivity index (χ4n) is 7.46. The number of carbonyl (C=O) groups is 5. The Labute approximate surface area is 322 Å². The molecule has 1 aliphatic rings. The molecule has 14 nitrogen and oxygen atoms in total. The molecule has 2 rings (SSSR count). The summed E-state index contributed by atoms with van der Waals surface area (Å²) in [7, 11) is 4.73. The van der Waals surface area contributed by atoms with E-state index in [2.05, 4.69) is 10.6 Å². The van der Waals surface area contributed by atoms with Gasteiger partial charge in [-0.1, -0.05) is 71.4 Å². The highest BCUT2D eigenvalue weighted by Gasteiger charge is 2.43. The van der Waals surface area contributed by atoms with E-state index in [0.29, 0.717) is 45.3 Å². The summed E-state index contributed by atoms with van der Waals surface area (Å²) >= 11 is 0. The summed E-state index contributed by atoms with van der Waals surface area (Å²) in [4.78, 5) is 72.4. The third-order valence-corrected chi connectivity index (χ3v) is 10.9. The second-order valence-corrected chi connectivity index (χ2v) is 15.3. The zero-order valence-corrected chi connectivity index (χ0v) is 34.2. The lowest BCUT2D eigenvalue weighted by Crippen LogP contribution is -2.59. The molecule has 1 aromatic rings. The Morgan fingerprint density at radius 3 is 2.17 bits per heavy atom. The van der Waals surface area contributed by atoms with Crippen molar-refractivity contribution in [3.05, 3.63) is 35.9 Å². The zero-order chi connectivity index (χ0) is 40.7. The smallest absolute Gasteiger partial charge is 0.326 e. The Bertz CT molecular complexity index is 1350. The Hall–Kier alpha value is -3.75. The molecule has 1 saturated heterocycles. The minimum Gasteiger partial charge on any atom is -0.480 e. The second-order valence-electron chi connectivity index (χ2n) is 15.3. The summed E-state index contributed by atoms with van der Waals surface area (Å²) in [6.07, 6.45) is 1.41. The van der Waals surface area contributed by atoms with E-state index in [4.69, 9.17) is 15.2 Å². The number of methoxy groups -OCH3 is 2. The molecule has 1 fully saturated rings. The van der Waals surface area contributed by atoms with E-state index in [0.717, 1.165) is 5.56 Å². The summed E-state index contributed by atoms with van der Waals surface area (Å²) in [5.41, 5.74) is 6.49. The maximum atomic E-state index is 14.2. The van der Waals surface area contributed by atoms with Crippen molar-refractivity contribution in [2.24, 2.45) is 23.5 Å². The van der Waals surface area contributed by atoms with Crippen molar-refractivity contribution in [2.75, 3.05) is 40.9 Å². The largest absolute Gasteiger partial charge is 0.480 e. The summed E-state index contributed by atoms with van der Waals surface area (Å²) in [5, 5.41) is 15.5. The SMILES string of the molecule is CC[C@H](C)[C@@H]([C@@H](CC(=O)N1CCCC1[C@H](OC)[C@@H](C)C(=O)NC(Cc1ccccc1)C(=O)O)OC)N(C)C(=O)C(NC(=O)N(CCCN)C(C)C)C(C)C. The van der Waals surface area contributed by atoms with Gasteiger partial charge in [-0.2, -0.15) is 0 Å².